The zero-order valence-electron chi connectivity index (χ0n) is 18.2. The van der Waals surface area contributed by atoms with Gasteiger partial charge in [0, 0.05) is 11.1 Å². The first-order valence-corrected chi connectivity index (χ1v) is 11.3. The molecular formula is C25H29N3O3. The summed E-state index contributed by atoms with van der Waals surface area (Å²) in [5, 5.41) is 13.2. The molecule has 1 saturated carbocycles. The zero-order chi connectivity index (χ0) is 22.0. The molecule has 6 nitrogen and oxygen atoms in total. The molecule has 2 aliphatic rings. The molecule has 2 aliphatic carbocycles. The van der Waals surface area contributed by atoms with E-state index in [9.17, 15) is 14.9 Å². The van der Waals surface area contributed by atoms with E-state index in [4.69, 9.17) is 9.72 Å². The number of rotatable bonds is 4. The lowest BCUT2D eigenvalue weighted by Gasteiger charge is -2.32. The Balaban J connectivity index is 1.59. The maximum absolute atomic E-state index is 13.3. The maximum Gasteiger partial charge on any atom is 0.339 e. The second-order valence-electron chi connectivity index (χ2n) is 9.07. The van der Waals surface area contributed by atoms with E-state index in [0.29, 0.717) is 24.3 Å². The maximum atomic E-state index is 13.3. The molecule has 1 N–H and O–H groups in total. The number of nitrogens with one attached hydrogen (secondary N) is 1. The van der Waals surface area contributed by atoms with Crippen molar-refractivity contribution in [2.75, 3.05) is 0 Å². The highest BCUT2D eigenvalue weighted by Crippen LogP contribution is 2.32. The standard InChI is InChI=1S/C25H29N3O3/c1-16-10-11-21-19(14-16)22(18-8-4-5-9-20(18)27-21)24(30)31-17(2)23(29)28-25(15-26)12-6-3-7-13-25/h4-5,8-9,16-17H,3,6-7,10-14H2,1-2H3,(H,28,29)/t16-,17-/m1/s1. The van der Waals surface area contributed by atoms with Gasteiger partial charge in [0.25, 0.3) is 5.91 Å². The molecule has 0 spiro atoms. The van der Waals surface area contributed by atoms with Gasteiger partial charge in [-0.25, -0.2) is 4.79 Å². The third-order valence-electron chi connectivity index (χ3n) is 6.65. The highest BCUT2D eigenvalue weighted by molar-refractivity contribution is 6.05. The van der Waals surface area contributed by atoms with Gasteiger partial charge in [-0.2, -0.15) is 5.26 Å². The monoisotopic (exact) mass is 419 g/mol. The number of nitrogens with zero attached hydrogens (tertiary/aromatic N) is 2. The van der Waals surface area contributed by atoms with Crippen molar-refractivity contribution < 1.29 is 14.3 Å². The lowest BCUT2D eigenvalue weighted by Crippen LogP contribution is -2.52. The van der Waals surface area contributed by atoms with Gasteiger partial charge in [0.1, 0.15) is 5.54 Å². The molecule has 1 heterocycles. The Labute approximate surface area is 183 Å². The van der Waals surface area contributed by atoms with Crippen molar-refractivity contribution in [3.63, 3.8) is 0 Å². The van der Waals surface area contributed by atoms with Crippen molar-refractivity contribution in [2.45, 2.75) is 76.9 Å². The molecule has 31 heavy (non-hydrogen) atoms. The zero-order valence-corrected chi connectivity index (χ0v) is 18.2. The molecule has 0 unspecified atom stereocenters. The van der Waals surface area contributed by atoms with Gasteiger partial charge < -0.3 is 10.1 Å². The number of pyridine rings is 1. The summed E-state index contributed by atoms with van der Waals surface area (Å²) in [4.78, 5) is 30.9. The number of aromatic nitrogens is 1. The number of amides is 1. The Kier molecular flexibility index (Phi) is 5.95. The van der Waals surface area contributed by atoms with Crippen molar-refractivity contribution in [2.24, 2.45) is 5.92 Å². The molecule has 1 aromatic heterocycles. The SMILES string of the molecule is C[C@@H]1CCc2nc3ccccc3c(C(=O)O[C@H](C)C(=O)NC3(C#N)CCCCC3)c2C1. The number of carbonyl (C=O) groups is 2. The molecule has 1 fully saturated rings. The van der Waals surface area contributed by atoms with Gasteiger partial charge in [0.15, 0.2) is 6.10 Å². The van der Waals surface area contributed by atoms with Crippen molar-refractivity contribution in [1.82, 2.24) is 10.3 Å². The number of hydrogen-bond acceptors (Lipinski definition) is 5. The van der Waals surface area contributed by atoms with Crippen LogP contribution in [0, 0.1) is 17.2 Å². The van der Waals surface area contributed by atoms with Crippen LogP contribution in [0.3, 0.4) is 0 Å². The van der Waals surface area contributed by atoms with Crippen LogP contribution in [-0.2, 0) is 22.4 Å². The van der Waals surface area contributed by atoms with E-state index in [1.54, 1.807) is 6.92 Å². The van der Waals surface area contributed by atoms with E-state index in [-0.39, 0.29) is 0 Å². The molecule has 2 aromatic rings. The molecule has 1 aromatic carbocycles. The summed E-state index contributed by atoms with van der Waals surface area (Å²) in [6.07, 6.45) is 5.84. The van der Waals surface area contributed by atoms with Crippen molar-refractivity contribution >= 4 is 22.8 Å². The normalized spacial score (nSPS) is 20.9. The number of aryl methyl sites for hydroxylation is 1. The molecule has 2 atom stereocenters. The number of esters is 1. The first-order chi connectivity index (χ1) is 14.9. The molecule has 0 saturated heterocycles. The molecule has 4 rings (SSSR count). The van der Waals surface area contributed by atoms with Crippen molar-refractivity contribution in [3.8, 4) is 6.07 Å². The minimum atomic E-state index is -0.983. The summed E-state index contributed by atoms with van der Waals surface area (Å²) in [5.41, 5.74) is 2.33. The second kappa shape index (κ2) is 8.66. The average molecular weight is 420 g/mol. The highest BCUT2D eigenvalue weighted by Gasteiger charge is 2.36. The quantitative estimate of drug-likeness (QED) is 0.748. The number of benzene rings is 1. The van der Waals surface area contributed by atoms with Crippen LogP contribution in [0.15, 0.2) is 24.3 Å². The van der Waals surface area contributed by atoms with Gasteiger partial charge in [0.05, 0.1) is 17.1 Å². The Bertz CT molecular complexity index is 1050. The number of nitriles is 1. The summed E-state index contributed by atoms with van der Waals surface area (Å²) in [6.45, 7) is 3.74. The van der Waals surface area contributed by atoms with Gasteiger partial charge in [0.2, 0.25) is 0 Å². The van der Waals surface area contributed by atoms with E-state index < -0.39 is 23.5 Å². The van der Waals surface area contributed by atoms with Crippen LogP contribution in [0.5, 0.6) is 0 Å². The topological polar surface area (TPSA) is 92.1 Å². The Hall–Kier alpha value is -2.94. The third kappa shape index (κ3) is 4.27. The molecule has 0 aliphatic heterocycles. The van der Waals surface area contributed by atoms with E-state index in [0.717, 1.165) is 60.7 Å². The first kappa shape index (κ1) is 21.3. The molecule has 1 amide bonds. The fourth-order valence-corrected chi connectivity index (χ4v) is 4.83. The van der Waals surface area contributed by atoms with Gasteiger partial charge in [-0.15, -0.1) is 0 Å². The lowest BCUT2D eigenvalue weighted by atomic mass is 9.82. The van der Waals surface area contributed by atoms with Crippen molar-refractivity contribution in [1.29, 1.82) is 5.26 Å². The summed E-state index contributed by atoms with van der Waals surface area (Å²) in [6, 6.07) is 9.86. The predicted molar refractivity (Wildman–Crippen MR) is 117 cm³/mol. The number of hydrogen-bond donors (Lipinski definition) is 1. The first-order valence-electron chi connectivity index (χ1n) is 11.3. The van der Waals surface area contributed by atoms with Gasteiger partial charge in [-0.1, -0.05) is 44.4 Å². The minimum Gasteiger partial charge on any atom is -0.449 e. The molecule has 0 radical (unpaired) electrons. The van der Waals surface area contributed by atoms with Gasteiger partial charge >= 0.3 is 5.97 Å². The molecule has 6 heteroatoms. The lowest BCUT2D eigenvalue weighted by molar-refractivity contribution is -0.130. The van der Waals surface area contributed by atoms with Gasteiger partial charge in [-0.05, 0) is 56.6 Å². The van der Waals surface area contributed by atoms with Crippen LogP contribution in [0.4, 0.5) is 0 Å². The predicted octanol–water partition coefficient (Wildman–Crippen LogP) is 4.25. The number of ether oxygens (including phenoxy) is 1. The minimum absolute atomic E-state index is 0.419. The Morgan fingerprint density at radius 1 is 1.26 bits per heavy atom. The van der Waals surface area contributed by atoms with Gasteiger partial charge in [-0.3, -0.25) is 9.78 Å². The number of para-hydroxylation sites is 1. The molecular weight excluding hydrogens is 390 g/mol. The van der Waals surface area contributed by atoms with Crippen molar-refractivity contribution in [3.05, 3.63) is 41.1 Å². The average Bonchev–Trinajstić information content (AvgIpc) is 2.78. The van der Waals surface area contributed by atoms with Crippen LogP contribution < -0.4 is 5.32 Å². The molecule has 0 bridgehead atoms. The Morgan fingerprint density at radius 3 is 2.74 bits per heavy atom. The highest BCUT2D eigenvalue weighted by atomic mass is 16.5. The van der Waals surface area contributed by atoms with E-state index >= 15 is 0 Å². The third-order valence-corrected chi connectivity index (χ3v) is 6.65. The van der Waals surface area contributed by atoms with Crippen LogP contribution in [0.2, 0.25) is 0 Å². The fraction of sp³-hybridized carbons (Fsp3) is 0.520. The van der Waals surface area contributed by atoms with E-state index in [1.165, 1.54) is 0 Å². The van der Waals surface area contributed by atoms with E-state index in [1.807, 2.05) is 24.3 Å². The summed E-state index contributed by atoms with van der Waals surface area (Å²) >= 11 is 0. The van der Waals surface area contributed by atoms with Crippen LogP contribution in [-0.4, -0.2) is 28.5 Å². The summed E-state index contributed by atoms with van der Waals surface area (Å²) in [7, 11) is 0. The summed E-state index contributed by atoms with van der Waals surface area (Å²) in [5.74, 6) is -0.455. The van der Waals surface area contributed by atoms with Crippen LogP contribution >= 0.6 is 0 Å². The largest absolute Gasteiger partial charge is 0.449 e. The smallest absolute Gasteiger partial charge is 0.339 e. The fourth-order valence-electron chi connectivity index (χ4n) is 4.83. The summed E-state index contributed by atoms with van der Waals surface area (Å²) < 4.78 is 5.65. The molecule has 162 valence electrons. The number of carbonyl (C=O) groups excluding carboxylic acids is 2. The second-order valence-corrected chi connectivity index (χ2v) is 9.07. The number of fused-ring (bicyclic) bond motifs is 2. The Morgan fingerprint density at radius 2 is 2.00 bits per heavy atom. The van der Waals surface area contributed by atoms with Crippen LogP contribution in [0.1, 0.15) is 74.0 Å². The van der Waals surface area contributed by atoms with E-state index in [2.05, 4.69) is 18.3 Å². The van der Waals surface area contributed by atoms with Crippen LogP contribution in [0.25, 0.3) is 10.9 Å².